The molecule has 168 valence electrons. The van der Waals surface area contributed by atoms with Crippen LogP contribution in [-0.2, 0) is 11.2 Å². The molecule has 1 aromatic rings. The number of hydrogen-bond acceptors (Lipinski definition) is 6. The van der Waals surface area contributed by atoms with Crippen LogP contribution < -0.4 is 21.0 Å². The van der Waals surface area contributed by atoms with Crippen LogP contribution >= 0.6 is 0 Å². The van der Waals surface area contributed by atoms with Crippen molar-refractivity contribution in [2.75, 3.05) is 19.6 Å². The lowest BCUT2D eigenvalue weighted by atomic mass is 9.66. The first-order valence-corrected chi connectivity index (χ1v) is 11.4. The number of hydrogen-bond donors (Lipinski definition) is 5. The Morgan fingerprint density at radius 3 is 2.61 bits per heavy atom. The molecule has 1 heterocycles. The van der Waals surface area contributed by atoms with Gasteiger partial charge >= 0.3 is 13.1 Å². The third-order valence-electron chi connectivity index (χ3n) is 7.30. The minimum atomic E-state index is -1.15. The Balaban J connectivity index is 1.32. The highest BCUT2D eigenvalue weighted by Gasteiger charge is 2.55. The highest BCUT2D eigenvalue weighted by molar-refractivity contribution is 6.46. The number of carbonyl (C=O) groups excluding carboxylic acids is 1. The van der Waals surface area contributed by atoms with E-state index in [-0.39, 0.29) is 28.5 Å². The van der Waals surface area contributed by atoms with Gasteiger partial charge in [0.05, 0.1) is 11.0 Å². The quantitative estimate of drug-likeness (QED) is 0.392. The predicted octanol–water partition coefficient (Wildman–Crippen LogP) is 1.17. The van der Waals surface area contributed by atoms with Crippen molar-refractivity contribution in [2.45, 2.75) is 56.8 Å². The van der Waals surface area contributed by atoms with Gasteiger partial charge in [-0.1, -0.05) is 12.1 Å². The predicted molar refractivity (Wildman–Crippen MR) is 117 cm³/mol. The lowest BCUT2D eigenvalue weighted by molar-refractivity contribution is -0.129. The Bertz CT molecular complexity index is 823. The average molecular weight is 429 g/mol. The number of carbonyl (C=O) groups is 2. The first kappa shape index (κ1) is 22.1. The smallest absolute Gasteiger partial charge is 0.528 e. The SMILES string of the molecule is NCCNC1CCC(C2(C(=O)NC[C@H]3Cc4cccc(C(=O)O)c4OB3O)CC2)CC1. The van der Waals surface area contributed by atoms with Crippen LogP contribution in [0.2, 0.25) is 5.82 Å². The molecule has 8 nitrogen and oxygen atoms in total. The minimum Gasteiger partial charge on any atom is -0.535 e. The van der Waals surface area contributed by atoms with E-state index in [1.807, 2.05) is 6.07 Å². The largest absolute Gasteiger partial charge is 0.535 e. The minimum absolute atomic E-state index is 0.0486. The highest BCUT2D eigenvalue weighted by Crippen LogP contribution is 2.56. The lowest BCUT2D eigenvalue weighted by Gasteiger charge is -2.34. The summed E-state index contributed by atoms with van der Waals surface area (Å²) in [5, 5.41) is 26.3. The van der Waals surface area contributed by atoms with Crippen LogP contribution in [-0.4, -0.2) is 54.8 Å². The topological polar surface area (TPSA) is 134 Å². The molecule has 2 fully saturated rings. The second-order valence-electron chi connectivity index (χ2n) is 9.23. The van der Waals surface area contributed by atoms with E-state index in [1.54, 1.807) is 6.07 Å². The van der Waals surface area contributed by atoms with Crippen LogP contribution in [0.3, 0.4) is 0 Å². The van der Waals surface area contributed by atoms with Crippen LogP contribution in [0.25, 0.3) is 0 Å². The molecule has 2 aliphatic carbocycles. The van der Waals surface area contributed by atoms with Gasteiger partial charge in [0.1, 0.15) is 5.75 Å². The molecule has 3 aliphatic rings. The second kappa shape index (κ2) is 9.18. The van der Waals surface area contributed by atoms with E-state index in [2.05, 4.69) is 10.6 Å². The molecule has 1 aromatic carbocycles. The standard InChI is InChI=1S/C22H32BN3O5/c24-10-11-25-17-6-4-15(5-7-17)22(8-9-22)21(29)26-13-16-12-14-2-1-3-18(20(27)28)19(14)31-23(16)30/h1-3,15-17,25,30H,4-13,24H2,(H,26,29)(H,27,28)/t15?,16-,17?/m1/s1. The Kier molecular flexibility index (Phi) is 6.55. The monoisotopic (exact) mass is 429 g/mol. The highest BCUT2D eigenvalue weighted by atomic mass is 16.5. The van der Waals surface area contributed by atoms with Crippen molar-refractivity contribution < 1.29 is 24.4 Å². The number of amides is 1. The number of para-hydroxylation sites is 1. The van der Waals surface area contributed by atoms with Crippen molar-refractivity contribution in [1.82, 2.24) is 10.6 Å². The third-order valence-corrected chi connectivity index (χ3v) is 7.30. The Hall–Kier alpha value is -2.10. The molecule has 0 radical (unpaired) electrons. The summed E-state index contributed by atoms with van der Waals surface area (Å²) in [6, 6.07) is 5.45. The van der Waals surface area contributed by atoms with Crippen molar-refractivity contribution in [1.29, 1.82) is 0 Å². The molecule has 0 unspecified atom stereocenters. The van der Waals surface area contributed by atoms with E-state index in [1.165, 1.54) is 6.07 Å². The van der Waals surface area contributed by atoms with E-state index in [4.69, 9.17) is 10.4 Å². The maximum Gasteiger partial charge on any atom is 0.528 e. The van der Waals surface area contributed by atoms with Gasteiger partial charge in [-0.25, -0.2) is 4.79 Å². The second-order valence-corrected chi connectivity index (χ2v) is 9.23. The van der Waals surface area contributed by atoms with Crippen LogP contribution in [0.4, 0.5) is 0 Å². The summed E-state index contributed by atoms with van der Waals surface area (Å²) in [6.07, 6.45) is 6.59. The van der Waals surface area contributed by atoms with Crippen molar-refractivity contribution in [2.24, 2.45) is 17.1 Å². The zero-order valence-corrected chi connectivity index (χ0v) is 17.8. The summed E-state index contributed by atoms with van der Waals surface area (Å²) in [7, 11) is -1.15. The van der Waals surface area contributed by atoms with Crippen LogP contribution in [0.5, 0.6) is 5.75 Å². The molecule has 0 spiro atoms. The molecule has 9 heteroatoms. The first-order chi connectivity index (χ1) is 14.9. The van der Waals surface area contributed by atoms with Gasteiger partial charge in [-0.15, -0.1) is 0 Å². The molecule has 4 rings (SSSR count). The lowest BCUT2D eigenvalue weighted by Crippen LogP contribution is -2.45. The van der Waals surface area contributed by atoms with E-state index >= 15 is 0 Å². The number of fused-ring (bicyclic) bond motifs is 1. The van der Waals surface area contributed by atoms with Gasteiger partial charge in [0.25, 0.3) is 0 Å². The van der Waals surface area contributed by atoms with Crippen molar-refractivity contribution in [3.63, 3.8) is 0 Å². The van der Waals surface area contributed by atoms with E-state index in [0.29, 0.717) is 31.5 Å². The fraction of sp³-hybridized carbons (Fsp3) is 0.636. The van der Waals surface area contributed by atoms with Crippen molar-refractivity contribution >= 4 is 19.0 Å². The van der Waals surface area contributed by atoms with Gasteiger partial charge < -0.3 is 31.2 Å². The van der Waals surface area contributed by atoms with Crippen LogP contribution in [0.15, 0.2) is 18.2 Å². The molecule has 0 saturated heterocycles. The third kappa shape index (κ3) is 4.59. The first-order valence-electron chi connectivity index (χ1n) is 11.4. The number of nitrogens with one attached hydrogen (secondary N) is 2. The van der Waals surface area contributed by atoms with Crippen LogP contribution in [0, 0.1) is 11.3 Å². The van der Waals surface area contributed by atoms with Crippen molar-refractivity contribution in [3.8, 4) is 5.75 Å². The van der Waals surface area contributed by atoms with Crippen LogP contribution in [0.1, 0.15) is 54.4 Å². The Labute approximate surface area is 183 Å². The van der Waals surface area contributed by atoms with Gasteiger partial charge in [-0.2, -0.15) is 0 Å². The summed E-state index contributed by atoms with van der Waals surface area (Å²) in [5.41, 5.74) is 6.11. The molecule has 0 aromatic heterocycles. The molecule has 0 bridgehead atoms. The molecular weight excluding hydrogens is 397 g/mol. The zero-order chi connectivity index (χ0) is 22.0. The van der Waals surface area contributed by atoms with E-state index < -0.39 is 13.1 Å². The fourth-order valence-electron chi connectivity index (χ4n) is 5.32. The normalized spacial score (nSPS) is 26.5. The summed E-state index contributed by atoms with van der Waals surface area (Å²) >= 11 is 0. The van der Waals surface area contributed by atoms with Crippen molar-refractivity contribution in [3.05, 3.63) is 29.3 Å². The molecule has 2 saturated carbocycles. The fourth-order valence-corrected chi connectivity index (χ4v) is 5.32. The summed E-state index contributed by atoms with van der Waals surface area (Å²) in [4.78, 5) is 24.5. The zero-order valence-electron chi connectivity index (χ0n) is 17.8. The molecular formula is C22H32BN3O5. The van der Waals surface area contributed by atoms with Gasteiger partial charge in [-0.05, 0) is 62.5 Å². The summed E-state index contributed by atoms with van der Waals surface area (Å²) in [5.74, 6) is -0.673. The molecule has 1 amide bonds. The number of carboxylic acids is 1. The molecule has 1 aliphatic heterocycles. The summed E-state index contributed by atoms with van der Waals surface area (Å²) < 4.78 is 5.54. The Morgan fingerprint density at radius 2 is 1.97 bits per heavy atom. The van der Waals surface area contributed by atoms with Gasteiger partial charge in [0.2, 0.25) is 5.91 Å². The molecule has 1 atom stereocenters. The number of aromatic carboxylic acids is 1. The summed E-state index contributed by atoms with van der Waals surface area (Å²) in [6.45, 7) is 1.79. The van der Waals surface area contributed by atoms with E-state index in [0.717, 1.165) is 50.6 Å². The van der Waals surface area contributed by atoms with Gasteiger partial charge in [-0.3, -0.25) is 4.79 Å². The maximum atomic E-state index is 13.1. The Morgan fingerprint density at radius 1 is 1.23 bits per heavy atom. The number of benzene rings is 1. The molecule has 31 heavy (non-hydrogen) atoms. The molecule has 6 N–H and O–H groups in total. The average Bonchev–Trinajstić information content (AvgIpc) is 3.58. The number of nitrogens with two attached hydrogens (primary N) is 1. The van der Waals surface area contributed by atoms with E-state index in [9.17, 15) is 19.7 Å². The van der Waals surface area contributed by atoms with Gasteiger partial charge in [0.15, 0.2) is 0 Å². The maximum absolute atomic E-state index is 13.1. The number of carboxylic acid groups (broad SMARTS) is 1. The number of rotatable bonds is 8. The van der Waals surface area contributed by atoms with Gasteiger partial charge in [0, 0.05) is 31.5 Å².